The fourth-order valence-electron chi connectivity index (χ4n) is 3.16. The molecular formula is C21H21BrN4. The van der Waals surface area contributed by atoms with Gasteiger partial charge in [0.1, 0.15) is 0 Å². The molecule has 26 heavy (non-hydrogen) atoms. The number of nitrogens with one attached hydrogen (secondary N) is 3. The normalized spacial score (nSPS) is 11.3. The summed E-state index contributed by atoms with van der Waals surface area (Å²) in [6.45, 7) is 2.80. The molecule has 0 spiro atoms. The lowest BCUT2D eigenvalue weighted by atomic mass is 10.1. The van der Waals surface area contributed by atoms with Gasteiger partial charge in [0.2, 0.25) is 0 Å². The molecule has 0 saturated heterocycles. The van der Waals surface area contributed by atoms with Gasteiger partial charge in [-0.3, -0.25) is 4.98 Å². The van der Waals surface area contributed by atoms with Crippen molar-refractivity contribution in [1.29, 1.82) is 0 Å². The van der Waals surface area contributed by atoms with Crippen molar-refractivity contribution in [3.63, 3.8) is 0 Å². The van der Waals surface area contributed by atoms with Gasteiger partial charge in [0.25, 0.3) is 0 Å². The number of hydrogen-bond donors (Lipinski definition) is 3. The molecule has 0 bridgehead atoms. The standard InChI is InChI=1S/C21H21BrN4/c22-17-3-4-18-20(7-11-26-21(18)13-17)24-9-1-8-23-14-15-2-5-19-16(12-15)6-10-25-19/h2-7,10-13,23,25H,1,8-9,14H2,(H,24,26). The molecule has 4 aromatic rings. The Morgan fingerprint density at radius 2 is 1.96 bits per heavy atom. The van der Waals surface area contributed by atoms with Crippen LogP contribution in [0.5, 0.6) is 0 Å². The number of fused-ring (bicyclic) bond motifs is 2. The second-order valence-electron chi connectivity index (χ2n) is 6.38. The van der Waals surface area contributed by atoms with E-state index in [4.69, 9.17) is 0 Å². The van der Waals surface area contributed by atoms with Gasteiger partial charge in [-0.2, -0.15) is 0 Å². The maximum atomic E-state index is 4.43. The minimum Gasteiger partial charge on any atom is -0.384 e. The third-order valence-corrected chi connectivity index (χ3v) is 4.99. The molecule has 0 radical (unpaired) electrons. The molecule has 0 aliphatic rings. The van der Waals surface area contributed by atoms with E-state index in [0.29, 0.717) is 0 Å². The highest BCUT2D eigenvalue weighted by Crippen LogP contribution is 2.24. The fraction of sp³-hybridized carbons (Fsp3) is 0.190. The second-order valence-corrected chi connectivity index (χ2v) is 7.29. The molecule has 0 atom stereocenters. The smallest absolute Gasteiger partial charge is 0.0733 e. The highest BCUT2D eigenvalue weighted by Gasteiger charge is 2.02. The molecular weight excluding hydrogens is 388 g/mol. The molecule has 0 amide bonds. The van der Waals surface area contributed by atoms with Crippen molar-refractivity contribution in [3.8, 4) is 0 Å². The maximum Gasteiger partial charge on any atom is 0.0733 e. The van der Waals surface area contributed by atoms with Gasteiger partial charge < -0.3 is 15.6 Å². The average molecular weight is 409 g/mol. The van der Waals surface area contributed by atoms with Crippen LogP contribution < -0.4 is 10.6 Å². The Labute approximate surface area is 161 Å². The molecule has 5 heteroatoms. The van der Waals surface area contributed by atoms with Gasteiger partial charge in [0.15, 0.2) is 0 Å². The molecule has 4 nitrogen and oxygen atoms in total. The Bertz CT molecular complexity index is 1020. The highest BCUT2D eigenvalue weighted by molar-refractivity contribution is 9.10. The summed E-state index contributed by atoms with van der Waals surface area (Å²) in [5.41, 5.74) is 4.65. The van der Waals surface area contributed by atoms with Gasteiger partial charge in [-0.05, 0) is 66.4 Å². The number of hydrogen-bond acceptors (Lipinski definition) is 3. The van der Waals surface area contributed by atoms with Gasteiger partial charge in [-0.15, -0.1) is 0 Å². The van der Waals surface area contributed by atoms with Crippen LogP contribution in [0.1, 0.15) is 12.0 Å². The predicted octanol–water partition coefficient (Wildman–Crippen LogP) is 5.07. The minimum absolute atomic E-state index is 0.896. The highest BCUT2D eigenvalue weighted by atomic mass is 79.9. The van der Waals surface area contributed by atoms with Crippen molar-refractivity contribution >= 4 is 43.4 Å². The quantitative estimate of drug-likeness (QED) is 0.374. The Kier molecular flexibility index (Phi) is 5.18. The second kappa shape index (κ2) is 7.89. The molecule has 4 rings (SSSR count). The van der Waals surface area contributed by atoms with Gasteiger partial charge in [-0.25, -0.2) is 0 Å². The summed E-state index contributed by atoms with van der Waals surface area (Å²) in [6, 6.07) is 16.9. The van der Waals surface area contributed by atoms with Crippen molar-refractivity contribution < 1.29 is 0 Å². The third kappa shape index (κ3) is 3.89. The van der Waals surface area contributed by atoms with Crippen LogP contribution in [0.25, 0.3) is 21.8 Å². The van der Waals surface area contributed by atoms with Crippen LogP contribution in [0.4, 0.5) is 5.69 Å². The van der Waals surface area contributed by atoms with Crippen molar-refractivity contribution in [1.82, 2.24) is 15.3 Å². The van der Waals surface area contributed by atoms with E-state index in [1.54, 1.807) is 0 Å². The summed E-state index contributed by atoms with van der Waals surface area (Å²) in [5, 5.41) is 9.47. The van der Waals surface area contributed by atoms with Crippen molar-refractivity contribution in [2.45, 2.75) is 13.0 Å². The molecule has 3 N–H and O–H groups in total. The van der Waals surface area contributed by atoms with Crippen LogP contribution in [-0.4, -0.2) is 23.1 Å². The first-order valence-electron chi connectivity index (χ1n) is 8.84. The van der Waals surface area contributed by atoms with Gasteiger partial charge in [-0.1, -0.05) is 22.0 Å². The lowest BCUT2D eigenvalue weighted by Gasteiger charge is -2.10. The van der Waals surface area contributed by atoms with E-state index >= 15 is 0 Å². The van der Waals surface area contributed by atoms with E-state index in [1.807, 2.05) is 24.5 Å². The lowest BCUT2D eigenvalue weighted by molar-refractivity contribution is 0.664. The number of anilines is 1. The van der Waals surface area contributed by atoms with Crippen molar-refractivity contribution in [2.24, 2.45) is 0 Å². The summed E-state index contributed by atoms with van der Waals surface area (Å²) in [4.78, 5) is 7.65. The predicted molar refractivity (Wildman–Crippen MR) is 113 cm³/mol. The number of benzene rings is 2. The maximum absolute atomic E-state index is 4.43. The number of H-pyrrole nitrogens is 1. The van der Waals surface area contributed by atoms with E-state index in [2.05, 4.69) is 72.9 Å². The topological polar surface area (TPSA) is 52.7 Å². The largest absolute Gasteiger partial charge is 0.384 e. The molecule has 0 aliphatic carbocycles. The van der Waals surface area contributed by atoms with Crippen LogP contribution in [0.2, 0.25) is 0 Å². The number of aromatic nitrogens is 2. The average Bonchev–Trinajstić information content (AvgIpc) is 3.12. The van der Waals surface area contributed by atoms with E-state index < -0.39 is 0 Å². The molecule has 0 aliphatic heterocycles. The number of rotatable bonds is 7. The minimum atomic E-state index is 0.896. The van der Waals surface area contributed by atoms with Crippen LogP contribution in [0.15, 0.2) is 65.4 Å². The summed E-state index contributed by atoms with van der Waals surface area (Å²) >= 11 is 3.50. The third-order valence-electron chi connectivity index (χ3n) is 4.50. The first-order valence-corrected chi connectivity index (χ1v) is 9.64. The number of nitrogens with zero attached hydrogens (tertiary/aromatic N) is 1. The van der Waals surface area contributed by atoms with Crippen LogP contribution >= 0.6 is 15.9 Å². The Morgan fingerprint density at radius 3 is 2.92 bits per heavy atom. The lowest BCUT2D eigenvalue weighted by Crippen LogP contribution is -2.17. The summed E-state index contributed by atoms with van der Waals surface area (Å²) in [7, 11) is 0. The van der Waals surface area contributed by atoms with Gasteiger partial charge >= 0.3 is 0 Å². The fourth-order valence-corrected chi connectivity index (χ4v) is 3.51. The Hall–Kier alpha value is -2.37. The molecule has 0 fully saturated rings. The van der Waals surface area contributed by atoms with Gasteiger partial charge in [0, 0.05) is 46.5 Å². The van der Waals surface area contributed by atoms with E-state index in [9.17, 15) is 0 Å². The van der Waals surface area contributed by atoms with Crippen LogP contribution in [0.3, 0.4) is 0 Å². The van der Waals surface area contributed by atoms with E-state index in [0.717, 1.165) is 47.1 Å². The molecule has 2 heterocycles. The Balaban J connectivity index is 1.25. The monoisotopic (exact) mass is 408 g/mol. The summed E-state index contributed by atoms with van der Waals surface area (Å²) < 4.78 is 1.05. The molecule has 2 aromatic heterocycles. The SMILES string of the molecule is Brc1ccc2c(NCCCNCc3ccc4[nH]ccc4c3)ccnc2c1. The zero-order valence-corrected chi connectivity index (χ0v) is 16.0. The van der Waals surface area contributed by atoms with Crippen molar-refractivity contribution in [2.75, 3.05) is 18.4 Å². The number of aromatic amines is 1. The van der Waals surface area contributed by atoms with Crippen LogP contribution in [0, 0.1) is 0 Å². The van der Waals surface area contributed by atoms with Crippen LogP contribution in [-0.2, 0) is 6.54 Å². The summed E-state index contributed by atoms with van der Waals surface area (Å²) in [5.74, 6) is 0. The molecule has 132 valence electrons. The molecule has 2 aromatic carbocycles. The van der Waals surface area contributed by atoms with E-state index in [1.165, 1.54) is 16.5 Å². The number of pyridine rings is 1. The summed E-state index contributed by atoms with van der Waals surface area (Å²) in [6.07, 6.45) is 4.90. The zero-order chi connectivity index (χ0) is 17.8. The van der Waals surface area contributed by atoms with E-state index in [-0.39, 0.29) is 0 Å². The molecule has 0 saturated carbocycles. The first-order chi connectivity index (χ1) is 12.8. The first kappa shape index (κ1) is 17.1. The number of halogens is 1. The van der Waals surface area contributed by atoms with Gasteiger partial charge in [0.05, 0.1) is 5.52 Å². The van der Waals surface area contributed by atoms with Crippen molar-refractivity contribution in [3.05, 3.63) is 71.0 Å². The molecule has 0 unspecified atom stereocenters. The zero-order valence-electron chi connectivity index (χ0n) is 14.4. The Morgan fingerprint density at radius 1 is 1.00 bits per heavy atom.